The van der Waals surface area contributed by atoms with E-state index >= 15 is 0 Å². The van der Waals surface area contributed by atoms with E-state index in [1.807, 2.05) is 24.3 Å². The number of hydrogen-bond donors (Lipinski definition) is 2. The summed E-state index contributed by atoms with van der Waals surface area (Å²) >= 11 is 9.15. The van der Waals surface area contributed by atoms with E-state index in [2.05, 4.69) is 21.2 Å². The quantitative estimate of drug-likeness (QED) is 0.836. The zero-order chi connectivity index (χ0) is 16.1. The molecule has 2 amide bonds. The van der Waals surface area contributed by atoms with Crippen molar-refractivity contribution in [2.75, 3.05) is 0 Å². The number of carbonyl (C=O) groups is 2. The summed E-state index contributed by atoms with van der Waals surface area (Å²) in [4.78, 5) is 23.7. The molecule has 0 unspecified atom stereocenters. The lowest BCUT2D eigenvalue weighted by molar-refractivity contribution is -0.119. The number of rotatable bonds is 5. The zero-order valence-corrected chi connectivity index (χ0v) is 13.9. The van der Waals surface area contributed by atoms with Gasteiger partial charge in [-0.3, -0.25) is 9.59 Å². The van der Waals surface area contributed by atoms with Crippen molar-refractivity contribution in [3.8, 4) is 0 Å². The molecule has 22 heavy (non-hydrogen) atoms. The van der Waals surface area contributed by atoms with Crippen molar-refractivity contribution in [1.29, 1.82) is 0 Å². The maximum atomic E-state index is 12.2. The van der Waals surface area contributed by atoms with Crippen LogP contribution < -0.4 is 11.1 Å². The van der Waals surface area contributed by atoms with Crippen LogP contribution in [0.5, 0.6) is 0 Å². The molecule has 3 N–H and O–H groups in total. The maximum absolute atomic E-state index is 12.2. The average Bonchev–Trinajstić information content (AvgIpc) is 2.47. The Kier molecular flexibility index (Phi) is 5.57. The van der Waals surface area contributed by atoms with E-state index in [1.54, 1.807) is 24.3 Å². The molecule has 0 spiro atoms. The largest absolute Gasteiger partial charge is 0.368 e. The molecule has 0 heterocycles. The van der Waals surface area contributed by atoms with Crippen LogP contribution in [0.3, 0.4) is 0 Å². The Labute approximate surface area is 141 Å². The van der Waals surface area contributed by atoms with Gasteiger partial charge in [-0.05, 0) is 42.0 Å². The number of nitrogens with one attached hydrogen (secondary N) is 1. The standard InChI is InChI=1S/C16H14BrClN2O2/c17-12-3-1-2-10(8-12)9-14(15(19)21)20-16(22)11-4-6-13(18)7-5-11/h1-8,14H,9H2,(H2,19,21)(H,20,22)/t14-/m1/s1. The van der Waals surface area contributed by atoms with Crippen LogP contribution in [0, 0.1) is 0 Å². The summed E-state index contributed by atoms with van der Waals surface area (Å²) in [7, 11) is 0. The minimum absolute atomic E-state index is 0.327. The van der Waals surface area contributed by atoms with Crippen LogP contribution in [0.1, 0.15) is 15.9 Å². The molecule has 0 bridgehead atoms. The van der Waals surface area contributed by atoms with E-state index in [4.69, 9.17) is 17.3 Å². The molecule has 0 radical (unpaired) electrons. The predicted molar refractivity (Wildman–Crippen MR) is 89.7 cm³/mol. The number of nitrogens with two attached hydrogens (primary N) is 1. The minimum Gasteiger partial charge on any atom is -0.368 e. The van der Waals surface area contributed by atoms with Crippen LogP contribution in [0.25, 0.3) is 0 Å². The molecule has 0 saturated carbocycles. The third kappa shape index (κ3) is 4.58. The van der Waals surface area contributed by atoms with Gasteiger partial charge in [-0.1, -0.05) is 39.7 Å². The van der Waals surface area contributed by atoms with E-state index in [1.165, 1.54) is 0 Å². The van der Waals surface area contributed by atoms with Gasteiger partial charge in [0.25, 0.3) is 5.91 Å². The van der Waals surface area contributed by atoms with Gasteiger partial charge in [0.05, 0.1) is 0 Å². The topological polar surface area (TPSA) is 72.2 Å². The van der Waals surface area contributed by atoms with Crippen LogP contribution in [-0.4, -0.2) is 17.9 Å². The Balaban J connectivity index is 2.10. The van der Waals surface area contributed by atoms with Crippen LogP contribution in [0.2, 0.25) is 5.02 Å². The second kappa shape index (κ2) is 7.42. The molecule has 2 aromatic rings. The van der Waals surface area contributed by atoms with E-state index in [0.29, 0.717) is 17.0 Å². The molecular weight excluding hydrogens is 368 g/mol. The lowest BCUT2D eigenvalue weighted by atomic mass is 10.0. The Hall–Kier alpha value is -1.85. The van der Waals surface area contributed by atoms with Gasteiger partial charge in [-0.15, -0.1) is 0 Å². The van der Waals surface area contributed by atoms with Crippen molar-refractivity contribution in [3.05, 3.63) is 69.2 Å². The highest BCUT2D eigenvalue weighted by Crippen LogP contribution is 2.14. The maximum Gasteiger partial charge on any atom is 0.251 e. The second-order valence-electron chi connectivity index (χ2n) is 4.77. The van der Waals surface area contributed by atoms with Crippen molar-refractivity contribution >= 4 is 39.3 Å². The number of halogens is 2. The molecule has 114 valence electrons. The van der Waals surface area contributed by atoms with Crippen LogP contribution in [-0.2, 0) is 11.2 Å². The molecule has 2 aromatic carbocycles. The van der Waals surface area contributed by atoms with Gasteiger partial charge in [0.2, 0.25) is 5.91 Å². The Morgan fingerprint density at radius 3 is 2.45 bits per heavy atom. The number of benzene rings is 2. The van der Waals surface area contributed by atoms with Crippen molar-refractivity contribution < 1.29 is 9.59 Å². The molecule has 6 heteroatoms. The monoisotopic (exact) mass is 380 g/mol. The summed E-state index contributed by atoms with van der Waals surface area (Å²) in [6.07, 6.45) is 0.327. The molecule has 0 fully saturated rings. The molecule has 0 aliphatic rings. The smallest absolute Gasteiger partial charge is 0.251 e. The summed E-state index contributed by atoms with van der Waals surface area (Å²) in [6.45, 7) is 0. The summed E-state index contributed by atoms with van der Waals surface area (Å²) in [6, 6.07) is 13.1. The highest BCUT2D eigenvalue weighted by molar-refractivity contribution is 9.10. The van der Waals surface area contributed by atoms with E-state index in [-0.39, 0.29) is 5.91 Å². The first-order valence-electron chi connectivity index (χ1n) is 6.56. The number of amides is 2. The Morgan fingerprint density at radius 2 is 1.86 bits per heavy atom. The van der Waals surface area contributed by atoms with Gasteiger partial charge in [-0.2, -0.15) is 0 Å². The summed E-state index contributed by atoms with van der Waals surface area (Å²) in [5.41, 5.74) is 6.71. The third-order valence-electron chi connectivity index (χ3n) is 3.08. The SMILES string of the molecule is NC(=O)[C@@H](Cc1cccc(Br)c1)NC(=O)c1ccc(Cl)cc1. The van der Waals surface area contributed by atoms with Crippen molar-refractivity contribution in [2.45, 2.75) is 12.5 Å². The fraction of sp³-hybridized carbons (Fsp3) is 0.125. The average molecular weight is 382 g/mol. The molecule has 2 rings (SSSR count). The van der Waals surface area contributed by atoms with Gasteiger partial charge in [0.1, 0.15) is 6.04 Å². The van der Waals surface area contributed by atoms with Gasteiger partial charge < -0.3 is 11.1 Å². The summed E-state index contributed by atoms with van der Waals surface area (Å²) in [5, 5.41) is 3.19. The summed E-state index contributed by atoms with van der Waals surface area (Å²) < 4.78 is 0.900. The molecule has 1 atom stereocenters. The summed E-state index contributed by atoms with van der Waals surface area (Å²) in [5.74, 6) is -0.947. The molecule has 0 aromatic heterocycles. The van der Waals surface area contributed by atoms with Crippen molar-refractivity contribution in [3.63, 3.8) is 0 Å². The lowest BCUT2D eigenvalue weighted by Gasteiger charge is -2.16. The van der Waals surface area contributed by atoms with E-state index in [0.717, 1.165) is 10.0 Å². The van der Waals surface area contributed by atoms with Crippen LogP contribution in [0.15, 0.2) is 53.0 Å². The number of primary amides is 1. The minimum atomic E-state index is -0.780. The number of carbonyl (C=O) groups excluding carboxylic acids is 2. The molecule has 0 saturated heterocycles. The number of hydrogen-bond acceptors (Lipinski definition) is 2. The van der Waals surface area contributed by atoms with Crippen LogP contribution in [0.4, 0.5) is 0 Å². The normalized spacial score (nSPS) is 11.7. The van der Waals surface area contributed by atoms with Gasteiger partial charge in [-0.25, -0.2) is 0 Å². The fourth-order valence-corrected chi connectivity index (χ4v) is 2.54. The Morgan fingerprint density at radius 1 is 1.18 bits per heavy atom. The first kappa shape index (κ1) is 16.5. The van der Waals surface area contributed by atoms with Gasteiger partial charge in [0.15, 0.2) is 0 Å². The first-order valence-corrected chi connectivity index (χ1v) is 7.73. The second-order valence-corrected chi connectivity index (χ2v) is 6.12. The van der Waals surface area contributed by atoms with E-state index in [9.17, 15) is 9.59 Å². The molecule has 0 aliphatic carbocycles. The lowest BCUT2D eigenvalue weighted by Crippen LogP contribution is -2.45. The predicted octanol–water partition coefficient (Wildman–Crippen LogP) is 2.93. The van der Waals surface area contributed by atoms with Crippen molar-refractivity contribution in [1.82, 2.24) is 5.32 Å². The molecule has 0 aliphatic heterocycles. The van der Waals surface area contributed by atoms with E-state index < -0.39 is 11.9 Å². The fourth-order valence-electron chi connectivity index (χ4n) is 1.97. The first-order chi connectivity index (χ1) is 10.5. The van der Waals surface area contributed by atoms with Crippen molar-refractivity contribution in [2.24, 2.45) is 5.73 Å². The zero-order valence-electron chi connectivity index (χ0n) is 11.6. The Bertz CT molecular complexity index is 689. The highest BCUT2D eigenvalue weighted by Gasteiger charge is 2.19. The third-order valence-corrected chi connectivity index (χ3v) is 3.83. The molecular formula is C16H14BrClN2O2. The van der Waals surface area contributed by atoms with Crippen LogP contribution >= 0.6 is 27.5 Å². The van der Waals surface area contributed by atoms with Gasteiger partial charge >= 0.3 is 0 Å². The van der Waals surface area contributed by atoms with Gasteiger partial charge in [0, 0.05) is 21.5 Å². The highest BCUT2D eigenvalue weighted by atomic mass is 79.9. The molecule has 4 nitrogen and oxygen atoms in total.